The molecule has 0 amide bonds. The maximum absolute atomic E-state index is 12.4. The Morgan fingerprint density at radius 1 is 1.26 bits per heavy atom. The third kappa shape index (κ3) is 3.92. The van der Waals surface area contributed by atoms with Gasteiger partial charge in [-0.2, -0.15) is 4.68 Å². The molecular formula is C18H16BrN3O5. The molecule has 3 aromatic rings. The molecule has 0 atom stereocenters. The Morgan fingerprint density at radius 2 is 2.04 bits per heavy atom. The molecule has 9 heteroatoms. The molecule has 0 radical (unpaired) electrons. The van der Waals surface area contributed by atoms with Crippen LogP contribution in [0.1, 0.15) is 17.3 Å². The molecule has 0 aliphatic heterocycles. The first-order chi connectivity index (χ1) is 13.0. The quantitative estimate of drug-likeness (QED) is 0.551. The second-order valence-electron chi connectivity index (χ2n) is 5.39. The average Bonchev–Trinajstić information content (AvgIpc) is 2.67. The lowest BCUT2D eigenvalue weighted by Gasteiger charge is -2.13. The minimum absolute atomic E-state index is 0.243. The van der Waals surface area contributed by atoms with Gasteiger partial charge in [0.05, 0.1) is 29.1 Å². The summed E-state index contributed by atoms with van der Waals surface area (Å²) >= 11 is 3.34. The predicted molar refractivity (Wildman–Crippen MR) is 101 cm³/mol. The van der Waals surface area contributed by atoms with Crippen LogP contribution >= 0.6 is 15.9 Å². The summed E-state index contributed by atoms with van der Waals surface area (Å²) in [5.74, 6) is 0.246. The standard InChI is InChI=1S/C18H16BrN3O5/c1-3-26-15-9-11(8-13(19)16(15)25-2)18(24)27-10-22-17(23)12-6-4-5-7-14(12)20-21-22/h4-9H,3,10H2,1-2H3. The van der Waals surface area contributed by atoms with Crippen LogP contribution in [0.2, 0.25) is 0 Å². The van der Waals surface area contributed by atoms with Gasteiger partial charge in [0, 0.05) is 0 Å². The van der Waals surface area contributed by atoms with Crippen molar-refractivity contribution in [2.24, 2.45) is 0 Å². The Morgan fingerprint density at radius 3 is 2.78 bits per heavy atom. The van der Waals surface area contributed by atoms with Crippen LogP contribution in [0.5, 0.6) is 11.5 Å². The van der Waals surface area contributed by atoms with E-state index in [0.717, 1.165) is 4.68 Å². The number of benzene rings is 2. The molecule has 27 heavy (non-hydrogen) atoms. The lowest BCUT2D eigenvalue weighted by Crippen LogP contribution is -2.26. The lowest BCUT2D eigenvalue weighted by atomic mass is 10.2. The number of fused-ring (bicyclic) bond motifs is 1. The zero-order valence-corrected chi connectivity index (χ0v) is 16.2. The van der Waals surface area contributed by atoms with Crippen molar-refractivity contribution >= 4 is 32.8 Å². The fraction of sp³-hybridized carbons (Fsp3) is 0.222. The number of methoxy groups -OCH3 is 1. The second-order valence-corrected chi connectivity index (χ2v) is 6.25. The maximum atomic E-state index is 12.4. The monoisotopic (exact) mass is 433 g/mol. The van der Waals surface area contributed by atoms with Crippen molar-refractivity contribution in [2.45, 2.75) is 13.7 Å². The average molecular weight is 434 g/mol. The number of rotatable bonds is 6. The summed E-state index contributed by atoms with van der Waals surface area (Å²) in [6.07, 6.45) is 0. The van der Waals surface area contributed by atoms with Crippen molar-refractivity contribution in [3.8, 4) is 11.5 Å². The summed E-state index contributed by atoms with van der Waals surface area (Å²) < 4.78 is 17.5. The zero-order chi connectivity index (χ0) is 19.4. The number of esters is 1. The number of halogens is 1. The normalized spacial score (nSPS) is 10.6. The first-order valence-corrected chi connectivity index (χ1v) is 8.84. The highest BCUT2D eigenvalue weighted by atomic mass is 79.9. The third-order valence-corrected chi connectivity index (χ3v) is 4.29. The second kappa shape index (κ2) is 8.17. The van der Waals surface area contributed by atoms with Crippen LogP contribution in [0.3, 0.4) is 0 Å². The Bertz CT molecular complexity index is 1050. The Balaban J connectivity index is 1.82. The van der Waals surface area contributed by atoms with Gasteiger partial charge in [-0.15, -0.1) is 5.10 Å². The van der Waals surface area contributed by atoms with E-state index in [1.54, 1.807) is 30.3 Å². The largest absolute Gasteiger partial charge is 0.492 e. The van der Waals surface area contributed by atoms with E-state index in [1.165, 1.54) is 13.2 Å². The number of hydrogen-bond donors (Lipinski definition) is 0. The van der Waals surface area contributed by atoms with Crippen molar-refractivity contribution < 1.29 is 19.0 Å². The highest BCUT2D eigenvalue weighted by Gasteiger charge is 2.17. The Hall–Kier alpha value is -2.94. The molecule has 2 aromatic carbocycles. The molecule has 0 spiro atoms. The van der Waals surface area contributed by atoms with Crippen LogP contribution in [-0.4, -0.2) is 34.7 Å². The summed E-state index contributed by atoms with van der Waals surface area (Å²) in [7, 11) is 1.51. The molecular weight excluding hydrogens is 418 g/mol. The van der Waals surface area contributed by atoms with Gasteiger partial charge in [-0.1, -0.05) is 17.3 Å². The highest BCUT2D eigenvalue weighted by Crippen LogP contribution is 2.36. The van der Waals surface area contributed by atoms with Crippen molar-refractivity contribution in [3.05, 3.63) is 56.8 Å². The van der Waals surface area contributed by atoms with E-state index in [4.69, 9.17) is 14.2 Å². The number of carbonyl (C=O) groups is 1. The SMILES string of the molecule is CCOc1cc(C(=O)OCn2nnc3ccccc3c2=O)cc(Br)c1OC. The van der Waals surface area contributed by atoms with Crippen LogP contribution in [0.15, 0.2) is 45.7 Å². The van der Waals surface area contributed by atoms with E-state index in [-0.39, 0.29) is 17.9 Å². The van der Waals surface area contributed by atoms with Gasteiger partial charge in [-0.05, 0) is 47.1 Å². The van der Waals surface area contributed by atoms with E-state index in [2.05, 4.69) is 26.2 Å². The maximum Gasteiger partial charge on any atom is 0.340 e. The van der Waals surface area contributed by atoms with Gasteiger partial charge < -0.3 is 14.2 Å². The van der Waals surface area contributed by atoms with Crippen molar-refractivity contribution in [1.82, 2.24) is 15.0 Å². The Labute approximate surface area is 162 Å². The zero-order valence-electron chi connectivity index (χ0n) is 14.6. The van der Waals surface area contributed by atoms with E-state index in [0.29, 0.717) is 33.5 Å². The van der Waals surface area contributed by atoms with Crippen LogP contribution in [0.25, 0.3) is 10.9 Å². The summed E-state index contributed by atoms with van der Waals surface area (Å²) in [6, 6.07) is 9.89. The van der Waals surface area contributed by atoms with Gasteiger partial charge in [0.1, 0.15) is 5.52 Å². The van der Waals surface area contributed by atoms with Crippen LogP contribution in [0.4, 0.5) is 0 Å². The molecule has 0 saturated carbocycles. The molecule has 0 aliphatic carbocycles. The van der Waals surface area contributed by atoms with Gasteiger partial charge in [0.2, 0.25) is 0 Å². The number of ether oxygens (including phenoxy) is 3. The van der Waals surface area contributed by atoms with Crippen LogP contribution in [-0.2, 0) is 11.5 Å². The lowest BCUT2D eigenvalue weighted by molar-refractivity contribution is 0.0335. The third-order valence-electron chi connectivity index (χ3n) is 3.70. The molecule has 1 aromatic heterocycles. The van der Waals surface area contributed by atoms with E-state index < -0.39 is 5.97 Å². The van der Waals surface area contributed by atoms with E-state index in [9.17, 15) is 9.59 Å². The first kappa shape index (κ1) is 18.8. The predicted octanol–water partition coefficient (Wildman–Crippen LogP) is 2.78. The molecule has 0 N–H and O–H groups in total. The highest BCUT2D eigenvalue weighted by molar-refractivity contribution is 9.10. The van der Waals surface area contributed by atoms with Crippen molar-refractivity contribution in [2.75, 3.05) is 13.7 Å². The molecule has 0 saturated heterocycles. The van der Waals surface area contributed by atoms with E-state index >= 15 is 0 Å². The number of hydrogen-bond acceptors (Lipinski definition) is 7. The van der Waals surface area contributed by atoms with Gasteiger partial charge in [-0.25, -0.2) is 4.79 Å². The van der Waals surface area contributed by atoms with Crippen LogP contribution in [0, 0.1) is 0 Å². The molecule has 0 bridgehead atoms. The fourth-order valence-corrected chi connectivity index (χ4v) is 3.06. The topological polar surface area (TPSA) is 92.5 Å². The molecule has 0 aliphatic rings. The van der Waals surface area contributed by atoms with Gasteiger partial charge in [-0.3, -0.25) is 4.79 Å². The van der Waals surface area contributed by atoms with E-state index in [1.807, 2.05) is 6.92 Å². The van der Waals surface area contributed by atoms with Gasteiger partial charge in [0.25, 0.3) is 5.56 Å². The summed E-state index contributed by atoms with van der Waals surface area (Å²) in [4.78, 5) is 24.8. The van der Waals surface area contributed by atoms with Gasteiger partial charge >= 0.3 is 5.97 Å². The van der Waals surface area contributed by atoms with Gasteiger partial charge in [0.15, 0.2) is 18.2 Å². The Kier molecular flexibility index (Phi) is 5.70. The number of aromatic nitrogens is 3. The fourth-order valence-electron chi connectivity index (χ4n) is 2.46. The summed E-state index contributed by atoms with van der Waals surface area (Å²) in [5, 5.41) is 8.13. The summed E-state index contributed by atoms with van der Waals surface area (Å²) in [5.41, 5.74) is 0.331. The molecule has 3 rings (SSSR count). The van der Waals surface area contributed by atoms with Crippen LogP contribution < -0.4 is 15.0 Å². The number of nitrogens with zero attached hydrogens (tertiary/aromatic N) is 3. The molecule has 1 heterocycles. The molecule has 0 unspecified atom stereocenters. The minimum Gasteiger partial charge on any atom is -0.492 e. The molecule has 140 valence electrons. The molecule has 8 nitrogen and oxygen atoms in total. The first-order valence-electron chi connectivity index (χ1n) is 8.05. The molecule has 0 fully saturated rings. The number of carbonyl (C=O) groups excluding carboxylic acids is 1. The minimum atomic E-state index is -0.638. The summed E-state index contributed by atoms with van der Waals surface area (Å²) in [6.45, 7) is 1.87. The smallest absolute Gasteiger partial charge is 0.340 e. The van der Waals surface area contributed by atoms with Crippen molar-refractivity contribution in [1.29, 1.82) is 0 Å². The van der Waals surface area contributed by atoms with Crippen molar-refractivity contribution in [3.63, 3.8) is 0 Å².